The van der Waals surface area contributed by atoms with Crippen LogP contribution in [0.1, 0.15) is 33.1 Å². The molecule has 0 saturated carbocycles. The fourth-order valence-corrected chi connectivity index (χ4v) is 5.66. The Balaban J connectivity index is 1.79. The largest absolute Gasteiger partial charge is 0.323 e. The first kappa shape index (κ1) is 19.9. The van der Waals surface area contributed by atoms with Gasteiger partial charge in [-0.15, -0.1) is 0 Å². The number of rotatable bonds is 4. The maximum absolute atomic E-state index is 12.9. The van der Waals surface area contributed by atoms with Crippen molar-refractivity contribution < 1.29 is 13.2 Å². The van der Waals surface area contributed by atoms with Gasteiger partial charge in [-0.2, -0.15) is 4.31 Å². The lowest BCUT2D eigenvalue weighted by molar-refractivity contribution is -0.133. The van der Waals surface area contributed by atoms with Gasteiger partial charge >= 0.3 is 0 Å². The second-order valence-corrected chi connectivity index (χ2v) is 9.62. The third kappa shape index (κ3) is 3.36. The van der Waals surface area contributed by atoms with E-state index < -0.39 is 15.7 Å². The van der Waals surface area contributed by atoms with Crippen molar-refractivity contribution in [3.05, 3.63) is 28.2 Å². The molecular formula is C17H23Cl2N3O3S. The van der Waals surface area contributed by atoms with Gasteiger partial charge in [0.25, 0.3) is 0 Å². The predicted molar refractivity (Wildman–Crippen MR) is 102 cm³/mol. The van der Waals surface area contributed by atoms with Crippen molar-refractivity contribution >= 4 is 39.1 Å². The highest BCUT2D eigenvalue weighted by atomic mass is 35.5. The molecule has 0 bridgehead atoms. The molecule has 9 heteroatoms. The number of sulfonamides is 1. The van der Waals surface area contributed by atoms with Crippen molar-refractivity contribution in [1.29, 1.82) is 0 Å². The van der Waals surface area contributed by atoms with E-state index >= 15 is 0 Å². The molecule has 1 amide bonds. The quantitative estimate of drug-likeness (QED) is 0.814. The maximum Gasteiger partial charge on any atom is 0.243 e. The maximum atomic E-state index is 12.9. The monoisotopic (exact) mass is 419 g/mol. The van der Waals surface area contributed by atoms with Crippen LogP contribution < -0.4 is 5.32 Å². The summed E-state index contributed by atoms with van der Waals surface area (Å²) in [4.78, 5) is 14.5. The summed E-state index contributed by atoms with van der Waals surface area (Å²) < 4.78 is 27.3. The summed E-state index contributed by atoms with van der Waals surface area (Å²) in [6.45, 7) is 5.26. The van der Waals surface area contributed by atoms with E-state index in [-0.39, 0.29) is 21.9 Å². The predicted octanol–water partition coefficient (Wildman–Crippen LogP) is 2.70. The highest BCUT2D eigenvalue weighted by Gasteiger charge is 2.50. The molecular weight excluding hydrogens is 397 g/mol. The minimum absolute atomic E-state index is 0.0904. The van der Waals surface area contributed by atoms with Crippen LogP contribution in [0, 0.1) is 0 Å². The van der Waals surface area contributed by atoms with Gasteiger partial charge in [-0.1, -0.05) is 30.1 Å². The Morgan fingerprint density at radius 3 is 2.46 bits per heavy atom. The highest BCUT2D eigenvalue weighted by molar-refractivity contribution is 7.89. The first-order chi connectivity index (χ1) is 12.2. The van der Waals surface area contributed by atoms with Crippen molar-refractivity contribution in [1.82, 2.24) is 14.5 Å². The van der Waals surface area contributed by atoms with Gasteiger partial charge in [0.15, 0.2) is 0 Å². The second-order valence-electron chi connectivity index (χ2n) is 6.87. The lowest BCUT2D eigenvalue weighted by atomic mass is 9.97. The SMILES string of the molecule is CCCN1C(=O)C(C)NC12CCN(S(=O)(=O)c1ccc(Cl)c(Cl)c1)CC2. The minimum Gasteiger partial charge on any atom is -0.323 e. The zero-order chi connectivity index (χ0) is 19.1. The number of hydrogen-bond donors (Lipinski definition) is 1. The van der Waals surface area contributed by atoms with Gasteiger partial charge in [0, 0.05) is 19.6 Å². The van der Waals surface area contributed by atoms with E-state index in [0.717, 1.165) is 6.42 Å². The van der Waals surface area contributed by atoms with Crippen molar-refractivity contribution in [2.24, 2.45) is 0 Å². The van der Waals surface area contributed by atoms with E-state index in [2.05, 4.69) is 5.32 Å². The van der Waals surface area contributed by atoms with Gasteiger partial charge in [-0.05, 0) is 44.4 Å². The fourth-order valence-electron chi connectivity index (χ4n) is 3.83. The molecule has 2 saturated heterocycles. The van der Waals surface area contributed by atoms with Crippen molar-refractivity contribution in [2.75, 3.05) is 19.6 Å². The van der Waals surface area contributed by atoms with Gasteiger partial charge < -0.3 is 4.90 Å². The molecule has 1 spiro atoms. The molecule has 0 aromatic heterocycles. The second kappa shape index (κ2) is 7.28. The van der Waals surface area contributed by atoms with E-state index in [4.69, 9.17) is 23.2 Å². The van der Waals surface area contributed by atoms with Crippen LogP contribution in [-0.4, -0.2) is 54.9 Å². The number of amides is 1. The summed E-state index contributed by atoms with van der Waals surface area (Å²) in [6.07, 6.45) is 1.99. The summed E-state index contributed by atoms with van der Waals surface area (Å²) in [5.74, 6) is 0.0904. The highest BCUT2D eigenvalue weighted by Crippen LogP contribution is 2.35. The van der Waals surface area contributed by atoms with Crippen LogP contribution >= 0.6 is 23.2 Å². The smallest absolute Gasteiger partial charge is 0.243 e. The summed E-state index contributed by atoms with van der Waals surface area (Å²) in [7, 11) is -3.65. The summed E-state index contributed by atoms with van der Waals surface area (Å²) in [5.41, 5.74) is -0.448. The number of nitrogens with zero attached hydrogens (tertiary/aromatic N) is 2. The number of carbonyl (C=O) groups excluding carboxylic acids is 1. The van der Waals surface area contributed by atoms with Gasteiger partial charge in [0.2, 0.25) is 15.9 Å². The van der Waals surface area contributed by atoms with Gasteiger partial charge in [0.1, 0.15) is 0 Å². The molecule has 6 nitrogen and oxygen atoms in total. The standard InChI is InChI=1S/C17H23Cl2N3O3S/c1-3-8-22-16(23)12(2)20-17(22)6-9-21(10-7-17)26(24,25)13-4-5-14(18)15(19)11-13/h4-5,11-12,20H,3,6-10H2,1-2H3. The molecule has 1 atom stereocenters. The topological polar surface area (TPSA) is 69.7 Å². The number of hydrogen-bond acceptors (Lipinski definition) is 4. The minimum atomic E-state index is -3.65. The Morgan fingerprint density at radius 1 is 1.23 bits per heavy atom. The van der Waals surface area contributed by atoms with E-state index in [1.807, 2.05) is 18.7 Å². The Morgan fingerprint density at radius 2 is 1.88 bits per heavy atom. The van der Waals surface area contributed by atoms with Gasteiger partial charge in [0.05, 0.1) is 26.6 Å². The van der Waals surface area contributed by atoms with Crippen LogP contribution in [0.3, 0.4) is 0 Å². The van der Waals surface area contributed by atoms with E-state index in [9.17, 15) is 13.2 Å². The third-order valence-electron chi connectivity index (χ3n) is 5.16. The molecule has 0 radical (unpaired) electrons. The van der Waals surface area contributed by atoms with Crippen LogP contribution in [-0.2, 0) is 14.8 Å². The Labute approximate surface area is 164 Å². The summed E-state index contributed by atoms with van der Waals surface area (Å²) in [6, 6.07) is 4.10. The normalized spacial score (nSPS) is 23.8. The molecule has 0 aliphatic carbocycles. The van der Waals surface area contributed by atoms with E-state index in [1.54, 1.807) is 0 Å². The van der Waals surface area contributed by atoms with E-state index in [0.29, 0.717) is 37.5 Å². The van der Waals surface area contributed by atoms with E-state index in [1.165, 1.54) is 22.5 Å². The van der Waals surface area contributed by atoms with Gasteiger partial charge in [-0.3, -0.25) is 10.1 Å². The molecule has 1 unspecified atom stereocenters. The number of carbonyl (C=O) groups is 1. The number of benzene rings is 1. The number of nitrogens with one attached hydrogen (secondary N) is 1. The van der Waals surface area contributed by atoms with Crippen LogP contribution in [0.15, 0.2) is 23.1 Å². The molecule has 3 rings (SSSR count). The first-order valence-electron chi connectivity index (χ1n) is 8.75. The lowest BCUT2D eigenvalue weighted by Gasteiger charge is -2.44. The number of piperidine rings is 1. The van der Waals surface area contributed by atoms with Crippen LogP contribution in [0.4, 0.5) is 0 Å². The van der Waals surface area contributed by atoms with Crippen LogP contribution in [0.5, 0.6) is 0 Å². The molecule has 2 fully saturated rings. The molecule has 2 aliphatic rings. The molecule has 1 aromatic carbocycles. The first-order valence-corrected chi connectivity index (χ1v) is 11.0. The third-order valence-corrected chi connectivity index (χ3v) is 7.80. The van der Waals surface area contributed by atoms with Crippen molar-refractivity contribution in [2.45, 2.75) is 49.7 Å². The molecule has 1 N–H and O–H groups in total. The molecule has 1 aromatic rings. The molecule has 2 heterocycles. The van der Waals surface area contributed by atoms with Crippen molar-refractivity contribution in [3.63, 3.8) is 0 Å². The molecule has 144 valence electrons. The molecule has 26 heavy (non-hydrogen) atoms. The average Bonchev–Trinajstić information content (AvgIpc) is 2.82. The molecule has 2 aliphatic heterocycles. The Kier molecular flexibility index (Phi) is 5.57. The Hall–Kier alpha value is -0.860. The number of halogens is 2. The summed E-state index contributed by atoms with van der Waals surface area (Å²) in [5, 5.41) is 3.93. The van der Waals surface area contributed by atoms with Crippen LogP contribution in [0.2, 0.25) is 10.0 Å². The van der Waals surface area contributed by atoms with Crippen LogP contribution in [0.25, 0.3) is 0 Å². The van der Waals surface area contributed by atoms with Crippen molar-refractivity contribution in [3.8, 4) is 0 Å². The average molecular weight is 420 g/mol. The Bertz CT molecular complexity index is 807. The lowest BCUT2D eigenvalue weighted by Crippen LogP contribution is -2.59. The zero-order valence-corrected chi connectivity index (χ0v) is 17.2. The van der Waals surface area contributed by atoms with Gasteiger partial charge in [-0.25, -0.2) is 8.42 Å². The summed E-state index contributed by atoms with van der Waals surface area (Å²) >= 11 is 11.9. The fraction of sp³-hybridized carbons (Fsp3) is 0.588. The zero-order valence-electron chi connectivity index (χ0n) is 14.8.